The molecule has 0 fully saturated rings. The predicted molar refractivity (Wildman–Crippen MR) is 114 cm³/mol. The molecule has 4 rings (SSSR count). The fourth-order valence-electron chi connectivity index (χ4n) is 3.39. The van der Waals surface area contributed by atoms with E-state index in [1.807, 2.05) is 0 Å². The van der Waals surface area contributed by atoms with Crippen molar-refractivity contribution < 1.29 is 28.1 Å². The Balaban J connectivity index is 1.61. The molecule has 0 bridgehead atoms. The second-order valence-electron chi connectivity index (χ2n) is 6.99. The normalized spacial score (nSPS) is 13.7. The monoisotopic (exact) mass is 420 g/mol. The smallest absolute Gasteiger partial charge is 0.231 e. The number of methoxy groups -OCH3 is 2. The van der Waals surface area contributed by atoms with Gasteiger partial charge in [-0.1, -0.05) is 18.2 Å². The number of fused-ring (bicyclic) bond motifs is 1. The van der Waals surface area contributed by atoms with Gasteiger partial charge in [0, 0.05) is 16.7 Å². The van der Waals surface area contributed by atoms with Crippen molar-refractivity contribution in [3.8, 4) is 23.0 Å². The zero-order valence-electron chi connectivity index (χ0n) is 17.4. The predicted octanol–water partition coefficient (Wildman–Crippen LogP) is 5.35. The highest BCUT2D eigenvalue weighted by Gasteiger charge is 2.30. The van der Waals surface area contributed by atoms with Gasteiger partial charge in [-0.25, -0.2) is 4.39 Å². The minimum Gasteiger partial charge on any atom is -0.497 e. The number of carbonyl (C=O) groups excluding carboxylic acids is 1. The molecule has 0 radical (unpaired) electrons. The van der Waals surface area contributed by atoms with Gasteiger partial charge in [-0.2, -0.15) is 0 Å². The SMILES string of the molecule is COc1ccc(OC)c(/C=C2\Oc3c(ccc(OCc4ccccc4F)c3C)C2=O)c1. The van der Waals surface area contributed by atoms with Gasteiger partial charge in [0.2, 0.25) is 5.78 Å². The molecule has 0 aliphatic carbocycles. The second kappa shape index (κ2) is 8.52. The highest BCUT2D eigenvalue weighted by atomic mass is 19.1. The average Bonchev–Trinajstić information content (AvgIpc) is 3.10. The van der Waals surface area contributed by atoms with Gasteiger partial charge in [0.25, 0.3) is 0 Å². The quantitative estimate of drug-likeness (QED) is 0.504. The lowest BCUT2D eigenvalue weighted by atomic mass is 10.1. The van der Waals surface area contributed by atoms with Crippen LogP contribution in [-0.4, -0.2) is 20.0 Å². The van der Waals surface area contributed by atoms with Gasteiger partial charge in [-0.05, 0) is 49.4 Å². The molecule has 158 valence electrons. The molecule has 6 heteroatoms. The molecule has 0 unspecified atom stereocenters. The minimum atomic E-state index is -0.329. The van der Waals surface area contributed by atoms with Crippen molar-refractivity contribution in [2.45, 2.75) is 13.5 Å². The number of hydrogen-bond acceptors (Lipinski definition) is 5. The Kier molecular flexibility index (Phi) is 5.62. The molecule has 0 N–H and O–H groups in total. The topological polar surface area (TPSA) is 54.0 Å². The summed E-state index contributed by atoms with van der Waals surface area (Å²) in [6.07, 6.45) is 1.63. The van der Waals surface area contributed by atoms with Crippen molar-refractivity contribution in [3.05, 3.63) is 88.4 Å². The molecule has 0 saturated heterocycles. The third kappa shape index (κ3) is 3.97. The number of rotatable bonds is 6. The molecule has 31 heavy (non-hydrogen) atoms. The summed E-state index contributed by atoms with van der Waals surface area (Å²) in [5.41, 5.74) is 2.23. The van der Waals surface area contributed by atoms with Crippen LogP contribution in [0.3, 0.4) is 0 Å². The lowest BCUT2D eigenvalue weighted by molar-refractivity contribution is 0.101. The molecule has 3 aromatic carbocycles. The Bertz CT molecular complexity index is 1180. The molecule has 5 nitrogen and oxygen atoms in total. The third-order valence-corrected chi connectivity index (χ3v) is 5.10. The van der Waals surface area contributed by atoms with Crippen LogP contribution in [0.25, 0.3) is 6.08 Å². The van der Waals surface area contributed by atoms with E-state index in [-0.39, 0.29) is 24.0 Å². The summed E-state index contributed by atoms with van der Waals surface area (Å²) in [4.78, 5) is 12.9. The maximum atomic E-state index is 13.9. The molecular weight excluding hydrogens is 399 g/mol. The molecule has 0 aromatic heterocycles. The summed E-state index contributed by atoms with van der Waals surface area (Å²) in [7, 11) is 3.12. The van der Waals surface area contributed by atoms with Crippen molar-refractivity contribution in [3.63, 3.8) is 0 Å². The first-order valence-electron chi connectivity index (χ1n) is 9.68. The molecule has 0 saturated carbocycles. The first-order chi connectivity index (χ1) is 15.0. The number of hydrogen-bond donors (Lipinski definition) is 0. The Morgan fingerprint density at radius 3 is 2.52 bits per heavy atom. The summed E-state index contributed by atoms with van der Waals surface area (Å²) in [5.74, 6) is 1.80. The first-order valence-corrected chi connectivity index (χ1v) is 9.68. The highest BCUT2D eigenvalue weighted by Crippen LogP contribution is 2.40. The van der Waals surface area contributed by atoms with Crippen LogP contribution >= 0.6 is 0 Å². The number of ether oxygens (including phenoxy) is 4. The van der Waals surface area contributed by atoms with Crippen molar-refractivity contribution in [1.29, 1.82) is 0 Å². The molecule has 0 atom stereocenters. The highest BCUT2D eigenvalue weighted by molar-refractivity contribution is 6.15. The molecule has 1 heterocycles. The third-order valence-electron chi connectivity index (χ3n) is 5.10. The Morgan fingerprint density at radius 1 is 1.00 bits per heavy atom. The van der Waals surface area contributed by atoms with Crippen LogP contribution in [-0.2, 0) is 6.61 Å². The summed E-state index contributed by atoms with van der Waals surface area (Å²) in [6.45, 7) is 1.88. The van der Waals surface area contributed by atoms with Gasteiger partial charge >= 0.3 is 0 Å². The van der Waals surface area contributed by atoms with Gasteiger partial charge in [-0.15, -0.1) is 0 Å². The standard InChI is InChI=1S/C25H21FO5/c1-15-21(30-14-16-6-4-5-7-20(16)26)11-9-19-24(27)23(31-25(15)19)13-17-12-18(28-2)8-10-22(17)29-3/h4-13H,14H2,1-3H3/b23-13-. The van der Waals surface area contributed by atoms with Gasteiger partial charge < -0.3 is 18.9 Å². The maximum Gasteiger partial charge on any atom is 0.231 e. The fraction of sp³-hybridized carbons (Fsp3) is 0.160. The van der Waals surface area contributed by atoms with E-state index in [1.54, 1.807) is 75.8 Å². The van der Waals surface area contributed by atoms with Gasteiger partial charge in [0.1, 0.15) is 35.4 Å². The van der Waals surface area contributed by atoms with E-state index in [2.05, 4.69) is 0 Å². The van der Waals surface area contributed by atoms with E-state index >= 15 is 0 Å². The summed E-state index contributed by atoms with van der Waals surface area (Å²) < 4.78 is 36.2. The van der Waals surface area contributed by atoms with E-state index in [1.165, 1.54) is 6.07 Å². The van der Waals surface area contributed by atoms with Crippen molar-refractivity contribution in [1.82, 2.24) is 0 Å². The van der Waals surface area contributed by atoms with Crippen LogP contribution in [0.4, 0.5) is 4.39 Å². The van der Waals surface area contributed by atoms with Crippen LogP contribution in [0.1, 0.15) is 27.0 Å². The van der Waals surface area contributed by atoms with Crippen LogP contribution in [0.5, 0.6) is 23.0 Å². The average molecular weight is 420 g/mol. The zero-order chi connectivity index (χ0) is 22.0. The van der Waals surface area contributed by atoms with Crippen LogP contribution in [0.15, 0.2) is 60.4 Å². The van der Waals surface area contributed by atoms with Crippen molar-refractivity contribution >= 4 is 11.9 Å². The zero-order valence-corrected chi connectivity index (χ0v) is 17.4. The van der Waals surface area contributed by atoms with E-state index in [9.17, 15) is 9.18 Å². The number of ketones is 1. The van der Waals surface area contributed by atoms with Crippen LogP contribution < -0.4 is 18.9 Å². The van der Waals surface area contributed by atoms with Gasteiger partial charge in [-0.3, -0.25) is 4.79 Å². The van der Waals surface area contributed by atoms with E-state index in [0.29, 0.717) is 45.3 Å². The number of halogens is 1. The molecule has 3 aromatic rings. The molecule has 1 aliphatic rings. The Hall–Kier alpha value is -3.80. The molecule has 1 aliphatic heterocycles. The van der Waals surface area contributed by atoms with Crippen molar-refractivity contribution in [2.75, 3.05) is 14.2 Å². The molecule has 0 amide bonds. The van der Waals surface area contributed by atoms with Crippen LogP contribution in [0.2, 0.25) is 0 Å². The van der Waals surface area contributed by atoms with E-state index < -0.39 is 0 Å². The second-order valence-corrected chi connectivity index (χ2v) is 6.99. The van der Waals surface area contributed by atoms with Gasteiger partial charge in [0.05, 0.1) is 19.8 Å². The number of Topliss-reactive ketones (excluding diaryl/α,β-unsaturated/α-hetero) is 1. The Morgan fingerprint density at radius 2 is 1.77 bits per heavy atom. The number of allylic oxidation sites excluding steroid dienone is 1. The number of benzene rings is 3. The lowest BCUT2D eigenvalue weighted by Crippen LogP contribution is -2.00. The van der Waals surface area contributed by atoms with E-state index in [4.69, 9.17) is 18.9 Å². The number of carbonyl (C=O) groups is 1. The largest absolute Gasteiger partial charge is 0.497 e. The van der Waals surface area contributed by atoms with Gasteiger partial charge in [0.15, 0.2) is 5.76 Å². The lowest BCUT2D eigenvalue weighted by Gasteiger charge is -2.12. The van der Waals surface area contributed by atoms with Crippen molar-refractivity contribution in [2.24, 2.45) is 0 Å². The summed E-state index contributed by atoms with van der Waals surface area (Å²) in [6, 6.07) is 15.1. The summed E-state index contributed by atoms with van der Waals surface area (Å²) in [5, 5.41) is 0. The molecule has 0 spiro atoms. The molecular formula is C25H21FO5. The maximum absolute atomic E-state index is 13.9. The fourth-order valence-corrected chi connectivity index (χ4v) is 3.39. The Labute approximate surface area is 179 Å². The summed E-state index contributed by atoms with van der Waals surface area (Å²) >= 11 is 0. The minimum absolute atomic E-state index is 0.0734. The van der Waals surface area contributed by atoms with Crippen LogP contribution in [0, 0.1) is 12.7 Å². The van der Waals surface area contributed by atoms with E-state index in [0.717, 1.165) is 0 Å². The first kappa shape index (κ1) is 20.5.